The van der Waals surface area contributed by atoms with Crippen LogP contribution < -0.4 is 5.32 Å². The second-order valence-corrected chi connectivity index (χ2v) is 5.34. The quantitative estimate of drug-likeness (QED) is 0.884. The molecule has 0 radical (unpaired) electrons. The van der Waals surface area contributed by atoms with E-state index in [0.29, 0.717) is 5.56 Å². The van der Waals surface area contributed by atoms with E-state index in [1.807, 2.05) is 25.1 Å². The summed E-state index contributed by atoms with van der Waals surface area (Å²) in [6.45, 7) is 1.97. The Morgan fingerprint density at radius 1 is 1.05 bits per heavy atom. The molecule has 0 spiro atoms. The normalized spacial score (nSPS) is 12.5. The fraction of sp³-hybridized carbons (Fsp3) is 0.200. The van der Waals surface area contributed by atoms with Crippen molar-refractivity contribution in [2.24, 2.45) is 0 Å². The van der Waals surface area contributed by atoms with Crippen molar-refractivity contribution in [1.82, 2.24) is 5.32 Å². The van der Waals surface area contributed by atoms with Gasteiger partial charge >= 0.3 is 0 Å². The number of aryl methyl sites for hydroxylation is 1. The standard InChI is InChI=1S/C15H14BrF2N/c1-9-5-11(16)3-4-14(9)15(19-2)10-6-12(17)8-13(18)7-10/h3-8,15,19H,1-2H3. The molecule has 0 amide bonds. The minimum atomic E-state index is -0.565. The van der Waals surface area contributed by atoms with Gasteiger partial charge in [0, 0.05) is 10.5 Å². The summed E-state index contributed by atoms with van der Waals surface area (Å²) in [6, 6.07) is 9.20. The summed E-state index contributed by atoms with van der Waals surface area (Å²) in [7, 11) is 1.77. The zero-order valence-electron chi connectivity index (χ0n) is 10.7. The number of nitrogens with one attached hydrogen (secondary N) is 1. The minimum Gasteiger partial charge on any atom is -0.309 e. The van der Waals surface area contributed by atoms with Crippen molar-refractivity contribution in [3.63, 3.8) is 0 Å². The van der Waals surface area contributed by atoms with E-state index in [0.717, 1.165) is 21.7 Å². The number of rotatable bonds is 3. The van der Waals surface area contributed by atoms with Gasteiger partial charge in [0.25, 0.3) is 0 Å². The molecule has 1 unspecified atom stereocenters. The third kappa shape index (κ3) is 3.19. The Balaban J connectivity index is 2.49. The molecule has 0 aliphatic rings. The molecule has 2 aromatic rings. The maximum absolute atomic E-state index is 13.3. The average Bonchev–Trinajstić information content (AvgIpc) is 2.31. The van der Waals surface area contributed by atoms with Crippen LogP contribution in [-0.4, -0.2) is 7.05 Å². The Kier molecular flexibility index (Phi) is 4.32. The first-order chi connectivity index (χ1) is 9.01. The van der Waals surface area contributed by atoms with E-state index in [9.17, 15) is 8.78 Å². The molecule has 19 heavy (non-hydrogen) atoms. The van der Waals surface area contributed by atoms with E-state index >= 15 is 0 Å². The van der Waals surface area contributed by atoms with Gasteiger partial charge in [-0.25, -0.2) is 8.78 Å². The average molecular weight is 326 g/mol. The van der Waals surface area contributed by atoms with E-state index in [-0.39, 0.29) is 6.04 Å². The summed E-state index contributed by atoms with van der Waals surface area (Å²) in [6.07, 6.45) is 0. The van der Waals surface area contributed by atoms with Crippen molar-refractivity contribution >= 4 is 15.9 Å². The zero-order valence-corrected chi connectivity index (χ0v) is 12.3. The third-order valence-corrected chi connectivity index (χ3v) is 3.54. The molecule has 4 heteroatoms. The molecule has 0 fully saturated rings. The molecule has 2 aromatic carbocycles. The van der Waals surface area contributed by atoms with Crippen molar-refractivity contribution in [3.8, 4) is 0 Å². The first kappa shape index (κ1) is 14.2. The molecule has 0 bridgehead atoms. The van der Waals surface area contributed by atoms with Gasteiger partial charge in [0.1, 0.15) is 11.6 Å². The van der Waals surface area contributed by atoms with Crippen LogP contribution in [0.5, 0.6) is 0 Å². The lowest BCUT2D eigenvalue weighted by Crippen LogP contribution is -2.19. The molecule has 1 N–H and O–H groups in total. The Labute approximate surface area is 119 Å². The van der Waals surface area contributed by atoms with Crippen LogP contribution in [0.25, 0.3) is 0 Å². The highest BCUT2D eigenvalue weighted by atomic mass is 79.9. The van der Waals surface area contributed by atoms with Crippen molar-refractivity contribution in [2.45, 2.75) is 13.0 Å². The van der Waals surface area contributed by atoms with Gasteiger partial charge in [0.2, 0.25) is 0 Å². The van der Waals surface area contributed by atoms with Crippen molar-refractivity contribution in [2.75, 3.05) is 7.05 Å². The van der Waals surface area contributed by atoms with Crippen molar-refractivity contribution in [1.29, 1.82) is 0 Å². The SMILES string of the molecule is CNC(c1cc(F)cc(F)c1)c1ccc(Br)cc1C. The monoisotopic (exact) mass is 325 g/mol. The highest BCUT2D eigenvalue weighted by Gasteiger charge is 2.16. The molecule has 0 saturated heterocycles. The molecule has 1 atom stereocenters. The summed E-state index contributed by atoms with van der Waals surface area (Å²) >= 11 is 3.41. The Morgan fingerprint density at radius 2 is 1.68 bits per heavy atom. The van der Waals surface area contributed by atoms with E-state index in [2.05, 4.69) is 21.2 Å². The van der Waals surface area contributed by atoms with Crippen LogP contribution >= 0.6 is 15.9 Å². The van der Waals surface area contributed by atoms with Gasteiger partial charge in [-0.2, -0.15) is 0 Å². The molecule has 2 rings (SSSR count). The van der Waals surface area contributed by atoms with Gasteiger partial charge in [-0.05, 0) is 54.9 Å². The summed E-state index contributed by atoms with van der Waals surface area (Å²) < 4.78 is 27.6. The van der Waals surface area contributed by atoms with E-state index in [4.69, 9.17) is 0 Å². The van der Waals surface area contributed by atoms with Gasteiger partial charge in [-0.3, -0.25) is 0 Å². The van der Waals surface area contributed by atoms with Crippen molar-refractivity contribution in [3.05, 3.63) is 69.2 Å². The van der Waals surface area contributed by atoms with Crippen LogP contribution in [0.15, 0.2) is 40.9 Å². The van der Waals surface area contributed by atoms with E-state index in [1.165, 1.54) is 12.1 Å². The fourth-order valence-electron chi connectivity index (χ4n) is 2.21. The van der Waals surface area contributed by atoms with Crippen LogP contribution in [0.1, 0.15) is 22.7 Å². The van der Waals surface area contributed by atoms with Crippen molar-refractivity contribution < 1.29 is 8.78 Å². The number of hydrogen-bond acceptors (Lipinski definition) is 1. The summed E-state index contributed by atoms with van der Waals surface area (Å²) in [4.78, 5) is 0. The van der Waals surface area contributed by atoms with E-state index < -0.39 is 11.6 Å². The molecule has 1 nitrogen and oxygen atoms in total. The summed E-state index contributed by atoms with van der Waals surface area (Å²) in [5, 5.41) is 3.10. The largest absolute Gasteiger partial charge is 0.309 e. The number of benzene rings is 2. The second kappa shape index (κ2) is 5.80. The van der Waals surface area contributed by atoms with Gasteiger partial charge in [-0.1, -0.05) is 22.0 Å². The summed E-state index contributed by atoms with van der Waals surface area (Å²) in [5.74, 6) is -1.13. The maximum Gasteiger partial charge on any atom is 0.126 e. The first-order valence-corrected chi connectivity index (χ1v) is 6.70. The smallest absolute Gasteiger partial charge is 0.126 e. The van der Waals surface area contributed by atoms with Crippen LogP contribution in [-0.2, 0) is 0 Å². The maximum atomic E-state index is 13.3. The fourth-order valence-corrected chi connectivity index (χ4v) is 2.68. The number of halogens is 3. The zero-order chi connectivity index (χ0) is 14.0. The van der Waals surface area contributed by atoms with Crippen LogP contribution in [0.3, 0.4) is 0 Å². The molecule has 0 saturated carbocycles. The lowest BCUT2D eigenvalue weighted by atomic mass is 9.95. The minimum absolute atomic E-state index is 0.238. The van der Waals surface area contributed by atoms with Crippen LogP contribution in [0, 0.1) is 18.6 Å². The van der Waals surface area contributed by atoms with Gasteiger partial charge in [-0.15, -0.1) is 0 Å². The molecular formula is C15H14BrF2N. The summed E-state index contributed by atoms with van der Waals surface area (Å²) in [5.41, 5.74) is 2.62. The van der Waals surface area contributed by atoms with Crippen LogP contribution in [0.2, 0.25) is 0 Å². The third-order valence-electron chi connectivity index (χ3n) is 3.05. The topological polar surface area (TPSA) is 12.0 Å². The van der Waals surface area contributed by atoms with Gasteiger partial charge < -0.3 is 5.32 Å². The molecule has 0 aliphatic carbocycles. The molecule has 0 heterocycles. The molecule has 0 aliphatic heterocycles. The first-order valence-electron chi connectivity index (χ1n) is 5.90. The van der Waals surface area contributed by atoms with Gasteiger partial charge in [0.05, 0.1) is 6.04 Å². The molecule has 100 valence electrons. The lowest BCUT2D eigenvalue weighted by molar-refractivity contribution is 0.571. The Hall–Kier alpha value is -1.26. The molecule has 0 aromatic heterocycles. The molecular weight excluding hydrogens is 312 g/mol. The van der Waals surface area contributed by atoms with Gasteiger partial charge in [0.15, 0.2) is 0 Å². The number of hydrogen-bond donors (Lipinski definition) is 1. The predicted molar refractivity (Wildman–Crippen MR) is 76.1 cm³/mol. The Bertz CT molecular complexity index is 578. The van der Waals surface area contributed by atoms with E-state index in [1.54, 1.807) is 7.05 Å². The Morgan fingerprint density at radius 3 is 2.21 bits per heavy atom. The van der Waals surface area contributed by atoms with Crippen LogP contribution in [0.4, 0.5) is 8.78 Å². The lowest BCUT2D eigenvalue weighted by Gasteiger charge is -2.20. The highest BCUT2D eigenvalue weighted by molar-refractivity contribution is 9.10. The highest BCUT2D eigenvalue weighted by Crippen LogP contribution is 2.27. The second-order valence-electron chi connectivity index (χ2n) is 4.43. The predicted octanol–water partition coefficient (Wildman–Crippen LogP) is 4.34.